The summed E-state index contributed by atoms with van der Waals surface area (Å²) < 4.78 is 0. The third-order valence-corrected chi connectivity index (χ3v) is 3.29. The molecule has 0 bridgehead atoms. The molecule has 1 aliphatic heterocycles. The Labute approximate surface area is 96.0 Å². The predicted octanol–water partition coefficient (Wildman–Crippen LogP) is 0.258. The molecule has 1 N–H and O–H groups in total. The largest absolute Gasteiger partial charge is 0.480 e. The number of hydrogen-bond acceptors (Lipinski definition) is 3. The van der Waals surface area contributed by atoms with E-state index in [1.807, 2.05) is 6.92 Å². The van der Waals surface area contributed by atoms with Crippen molar-refractivity contribution in [2.45, 2.75) is 32.4 Å². The molecule has 1 aliphatic rings. The lowest BCUT2D eigenvalue weighted by Gasteiger charge is -2.30. The lowest BCUT2D eigenvalue weighted by atomic mass is 10.0. The van der Waals surface area contributed by atoms with Gasteiger partial charge in [-0.15, -0.1) is 0 Å². The Morgan fingerprint density at radius 2 is 2.00 bits per heavy atom. The molecule has 0 saturated carbocycles. The number of likely N-dealkylation sites (N-methyl/N-ethyl adjacent to an activating group) is 1. The molecule has 0 aliphatic carbocycles. The van der Waals surface area contributed by atoms with Gasteiger partial charge in [0.05, 0.1) is 6.04 Å². The fraction of sp³-hybridized carbons (Fsp3) is 0.818. The number of carboxylic acid groups (broad SMARTS) is 1. The molecule has 1 rings (SSSR count). The number of amides is 1. The second kappa shape index (κ2) is 4.82. The molecule has 5 nitrogen and oxygen atoms in total. The van der Waals surface area contributed by atoms with Crippen LogP contribution < -0.4 is 0 Å². The quantitative estimate of drug-likeness (QED) is 0.752. The summed E-state index contributed by atoms with van der Waals surface area (Å²) in [6.45, 7) is 4.38. The van der Waals surface area contributed by atoms with Crippen LogP contribution in [0, 0.1) is 5.92 Å². The van der Waals surface area contributed by atoms with Crippen LogP contribution in [0.25, 0.3) is 0 Å². The number of carbonyl (C=O) groups is 2. The van der Waals surface area contributed by atoms with Crippen molar-refractivity contribution >= 4 is 11.9 Å². The highest BCUT2D eigenvalue weighted by molar-refractivity contribution is 5.82. The summed E-state index contributed by atoms with van der Waals surface area (Å²) in [6, 6.07) is -0.889. The molecule has 92 valence electrons. The second-order valence-corrected chi connectivity index (χ2v) is 4.70. The van der Waals surface area contributed by atoms with Crippen LogP contribution in [0.4, 0.5) is 0 Å². The molecule has 1 saturated heterocycles. The summed E-state index contributed by atoms with van der Waals surface area (Å²) in [7, 11) is 3.38. The Hall–Kier alpha value is -1.10. The van der Waals surface area contributed by atoms with E-state index in [1.165, 1.54) is 4.90 Å². The van der Waals surface area contributed by atoms with E-state index in [-0.39, 0.29) is 17.9 Å². The molecule has 0 spiro atoms. The van der Waals surface area contributed by atoms with Gasteiger partial charge in [-0.05, 0) is 19.3 Å². The molecule has 16 heavy (non-hydrogen) atoms. The molecule has 0 aromatic carbocycles. The number of carbonyl (C=O) groups excluding carboxylic acids is 1. The first kappa shape index (κ1) is 13.0. The van der Waals surface area contributed by atoms with E-state index in [1.54, 1.807) is 25.9 Å². The van der Waals surface area contributed by atoms with Gasteiger partial charge in [0.2, 0.25) is 5.91 Å². The van der Waals surface area contributed by atoms with Gasteiger partial charge in [0.15, 0.2) is 0 Å². The number of hydrogen-bond donors (Lipinski definition) is 1. The molecular weight excluding hydrogens is 208 g/mol. The van der Waals surface area contributed by atoms with Gasteiger partial charge >= 0.3 is 5.97 Å². The van der Waals surface area contributed by atoms with Crippen LogP contribution in [0.2, 0.25) is 0 Å². The van der Waals surface area contributed by atoms with E-state index in [2.05, 4.69) is 0 Å². The Morgan fingerprint density at radius 3 is 2.44 bits per heavy atom. The number of carboxylic acids is 1. The van der Waals surface area contributed by atoms with E-state index in [0.29, 0.717) is 6.54 Å². The first-order valence-electron chi connectivity index (χ1n) is 5.56. The highest BCUT2D eigenvalue weighted by Gasteiger charge is 2.41. The van der Waals surface area contributed by atoms with Crippen LogP contribution >= 0.6 is 0 Å². The van der Waals surface area contributed by atoms with Crippen molar-refractivity contribution in [3.8, 4) is 0 Å². The summed E-state index contributed by atoms with van der Waals surface area (Å²) >= 11 is 0. The lowest BCUT2D eigenvalue weighted by molar-refractivity contribution is -0.146. The van der Waals surface area contributed by atoms with E-state index < -0.39 is 12.0 Å². The summed E-state index contributed by atoms with van der Waals surface area (Å²) in [4.78, 5) is 26.2. The first-order valence-corrected chi connectivity index (χ1v) is 5.56. The maximum atomic E-state index is 11.8. The minimum atomic E-state index is -0.830. The van der Waals surface area contributed by atoms with Gasteiger partial charge in [-0.25, -0.2) is 0 Å². The molecule has 0 aromatic rings. The van der Waals surface area contributed by atoms with E-state index in [4.69, 9.17) is 5.11 Å². The van der Waals surface area contributed by atoms with Crippen LogP contribution in [0.15, 0.2) is 0 Å². The minimum absolute atomic E-state index is 0.0413. The number of rotatable bonds is 3. The van der Waals surface area contributed by atoms with Crippen LogP contribution in [0.1, 0.15) is 20.3 Å². The van der Waals surface area contributed by atoms with Crippen molar-refractivity contribution in [3.05, 3.63) is 0 Å². The molecular formula is C11H20N2O3. The van der Waals surface area contributed by atoms with Crippen molar-refractivity contribution in [1.82, 2.24) is 9.80 Å². The average Bonchev–Trinajstić information content (AvgIpc) is 2.57. The first-order chi connectivity index (χ1) is 7.36. The standard InChI is InChI=1S/C11H20N2O3/c1-7-5-6-13(9(7)11(15)16)8(2)10(14)12(3)4/h7-9H,5-6H2,1-4H3,(H,15,16). The SMILES string of the molecule is CC1CCN(C(C)C(=O)N(C)C)C1C(=O)O. The van der Waals surface area contributed by atoms with Gasteiger partial charge in [0.1, 0.15) is 6.04 Å². The molecule has 1 amide bonds. The Balaban J connectivity index is 2.80. The summed E-state index contributed by atoms with van der Waals surface area (Å²) in [6.07, 6.45) is 0.835. The zero-order chi connectivity index (χ0) is 12.5. The van der Waals surface area contributed by atoms with E-state index >= 15 is 0 Å². The number of likely N-dealkylation sites (tertiary alicyclic amines) is 1. The molecule has 0 aromatic heterocycles. The minimum Gasteiger partial charge on any atom is -0.480 e. The van der Waals surface area contributed by atoms with Crippen LogP contribution in [-0.4, -0.2) is 59.5 Å². The maximum Gasteiger partial charge on any atom is 0.321 e. The molecule has 1 heterocycles. The van der Waals surface area contributed by atoms with Gasteiger partial charge in [-0.3, -0.25) is 14.5 Å². The zero-order valence-corrected chi connectivity index (χ0v) is 10.3. The Bertz CT molecular complexity index is 291. The third-order valence-electron chi connectivity index (χ3n) is 3.29. The molecule has 3 unspecified atom stereocenters. The molecule has 3 atom stereocenters. The zero-order valence-electron chi connectivity index (χ0n) is 10.3. The van der Waals surface area contributed by atoms with Crippen molar-refractivity contribution in [2.24, 2.45) is 5.92 Å². The van der Waals surface area contributed by atoms with Gasteiger partial charge in [-0.2, -0.15) is 0 Å². The fourth-order valence-corrected chi connectivity index (χ4v) is 2.31. The van der Waals surface area contributed by atoms with Crippen molar-refractivity contribution < 1.29 is 14.7 Å². The Morgan fingerprint density at radius 1 is 1.44 bits per heavy atom. The van der Waals surface area contributed by atoms with Crippen molar-refractivity contribution in [2.75, 3.05) is 20.6 Å². The second-order valence-electron chi connectivity index (χ2n) is 4.70. The number of aliphatic carboxylic acids is 1. The molecule has 0 radical (unpaired) electrons. The summed E-state index contributed by atoms with van der Waals surface area (Å²) in [5.74, 6) is -0.765. The smallest absolute Gasteiger partial charge is 0.321 e. The lowest BCUT2D eigenvalue weighted by Crippen LogP contribution is -2.50. The normalized spacial score (nSPS) is 27.8. The van der Waals surface area contributed by atoms with Gasteiger partial charge in [-0.1, -0.05) is 6.92 Å². The highest BCUT2D eigenvalue weighted by Crippen LogP contribution is 2.26. The summed E-state index contributed by atoms with van der Waals surface area (Å²) in [5, 5.41) is 9.16. The molecule has 5 heteroatoms. The van der Waals surface area contributed by atoms with Crippen LogP contribution in [0.5, 0.6) is 0 Å². The van der Waals surface area contributed by atoms with Gasteiger partial charge in [0, 0.05) is 20.6 Å². The number of nitrogens with zero attached hydrogens (tertiary/aromatic N) is 2. The highest BCUT2D eigenvalue weighted by atomic mass is 16.4. The molecule has 1 fully saturated rings. The fourth-order valence-electron chi connectivity index (χ4n) is 2.31. The average molecular weight is 228 g/mol. The third kappa shape index (κ3) is 2.35. The van der Waals surface area contributed by atoms with Gasteiger partial charge in [0.25, 0.3) is 0 Å². The Kier molecular flexibility index (Phi) is 3.91. The van der Waals surface area contributed by atoms with Crippen LogP contribution in [0.3, 0.4) is 0 Å². The van der Waals surface area contributed by atoms with Crippen molar-refractivity contribution in [1.29, 1.82) is 0 Å². The topological polar surface area (TPSA) is 60.9 Å². The maximum absolute atomic E-state index is 11.8. The summed E-state index contributed by atoms with van der Waals surface area (Å²) in [5.41, 5.74) is 0. The van der Waals surface area contributed by atoms with Crippen molar-refractivity contribution in [3.63, 3.8) is 0 Å². The monoisotopic (exact) mass is 228 g/mol. The van der Waals surface area contributed by atoms with E-state index in [0.717, 1.165) is 6.42 Å². The van der Waals surface area contributed by atoms with Gasteiger partial charge < -0.3 is 10.0 Å². The van der Waals surface area contributed by atoms with E-state index in [9.17, 15) is 9.59 Å². The predicted molar refractivity (Wildman–Crippen MR) is 60.1 cm³/mol. The van der Waals surface area contributed by atoms with Crippen LogP contribution in [-0.2, 0) is 9.59 Å².